The fourth-order valence-corrected chi connectivity index (χ4v) is 2.70. The quantitative estimate of drug-likeness (QED) is 0.599. The Morgan fingerprint density at radius 1 is 1.04 bits per heavy atom. The van der Waals surface area contributed by atoms with E-state index in [2.05, 4.69) is 9.97 Å². The highest BCUT2D eigenvalue weighted by Crippen LogP contribution is 2.27. The second-order valence-corrected chi connectivity index (χ2v) is 5.51. The first-order chi connectivity index (χ1) is 11.7. The number of benzene rings is 3. The summed E-state index contributed by atoms with van der Waals surface area (Å²) < 4.78 is 5.21. The highest BCUT2D eigenvalue weighted by Gasteiger charge is 2.07. The third-order valence-electron chi connectivity index (χ3n) is 3.84. The number of fused-ring (bicyclic) bond motifs is 2. The van der Waals surface area contributed by atoms with Gasteiger partial charge in [-0.15, -0.1) is 0 Å². The Kier molecular flexibility index (Phi) is 3.39. The van der Waals surface area contributed by atoms with Gasteiger partial charge in [0.15, 0.2) is 6.61 Å². The molecule has 1 aromatic heterocycles. The number of nitrogens with zero attached hydrogens (tertiary/aromatic N) is 1. The van der Waals surface area contributed by atoms with Gasteiger partial charge in [0.1, 0.15) is 11.6 Å². The first-order valence-electron chi connectivity index (χ1n) is 7.52. The van der Waals surface area contributed by atoms with Gasteiger partial charge in [-0.1, -0.05) is 30.3 Å². The van der Waals surface area contributed by atoms with Crippen LogP contribution in [0.15, 0.2) is 60.7 Å². The first kappa shape index (κ1) is 14.3. The van der Waals surface area contributed by atoms with Crippen molar-refractivity contribution in [1.29, 1.82) is 0 Å². The van der Waals surface area contributed by atoms with Crippen molar-refractivity contribution < 1.29 is 14.6 Å². The number of carboxylic acids is 1. The van der Waals surface area contributed by atoms with Gasteiger partial charge in [-0.2, -0.15) is 0 Å². The zero-order valence-electron chi connectivity index (χ0n) is 12.7. The van der Waals surface area contributed by atoms with E-state index in [0.717, 1.165) is 33.2 Å². The molecule has 2 N–H and O–H groups in total. The van der Waals surface area contributed by atoms with Crippen molar-refractivity contribution >= 4 is 27.8 Å². The molecule has 24 heavy (non-hydrogen) atoms. The molecule has 0 bridgehead atoms. The maximum absolute atomic E-state index is 10.6. The van der Waals surface area contributed by atoms with Gasteiger partial charge in [0.25, 0.3) is 0 Å². The lowest BCUT2D eigenvalue weighted by atomic mass is 10.1. The van der Waals surface area contributed by atoms with Crippen LogP contribution >= 0.6 is 0 Å². The number of nitrogens with one attached hydrogen (secondary N) is 1. The van der Waals surface area contributed by atoms with Gasteiger partial charge >= 0.3 is 5.97 Å². The van der Waals surface area contributed by atoms with Gasteiger partial charge in [0.2, 0.25) is 0 Å². The van der Waals surface area contributed by atoms with Crippen molar-refractivity contribution in [2.45, 2.75) is 0 Å². The largest absolute Gasteiger partial charge is 0.482 e. The molecule has 4 aromatic rings. The van der Waals surface area contributed by atoms with Crippen LogP contribution in [0.5, 0.6) is 5.75 Å². The third-order valence-corrected chi connectivity index (χ3v) is 3.84. The molecule has 0 spiro atoms. The second-order valence-electron chi connectivity index (χ2n) is 5.51. The van der Waals surface area contributed by atoms with Crippen LogP contribution in [0.3, 0.4) is 0 Å². The van der Waals surface area contributed by atoms with E-state index < -0.39 is 5.97 Å². The zero-order chi connectivity index (χ0) is 16.5. The lowest BCUT2D eigenvalue weighted by molar-refractivity contribution is -0.139. The topological polar surface area (TPSA) is 75.2 Å². The van der Waals surface area contributed by atoms with Crippen molar-refractivity contribution in [3.8, 4) is 17.1 Å². The number of para-hydroxylation sites is 2. The number of imidazole rings is 1. The molecule has 0 unspecified atom stereocenters. The standard InChI is InChI=1S/C19H14N2O3/c22-18(23)11-24-15-8-7-12-9-14(6-5-13(12)10-15)19-20-16-3-1-2-4-17(16)21-19/h1-10H,11H2,(H,20,21)(H,22,23). The molecular weight excluding hydrogens is 304 g/mol. The number of aromatic nitrogens is 2. The summed E-state index contributed by atoms with van der Waals surface area (Å²) in [5.41, 5.74) is 2.94. The van der Waals surface area contributed by atoms with Crippen molar-refractivity contribution in [3.63, 3.8) is 0 Å². The number of aliphatic carboxylic acids is 1. The van der Waals surface area contributed by atoms with Crippen LogP contribution in [0, 0.1) is 0 Å². The van der Waals surface area contributed by atoms with Crippen LogP contribution < -0.4 is 4.74 Å². The van der Waals surface area contributed by atoms with Crippen LogP contribution in [0.4, 0.5) is 0 Å². The van der Waals surface area contributed by atoms with Gasteiger partial charge < -0.3 is 14.8 Å². The van der Waals surface area contributed by atoms with E-state index in [4.69, 9.17) is 9.84 Å². The summed E-state index contributed by atoms with van der Waals surface area (Å²) in [6.07, 6.45) is 0. The van der Waals surface area contributed by atoms with Gasteiger partial charge in [-0.25, -0.2) is 9.78 Å². The predicted octanol–water partition coefficient (Wildman–Crippen LogP) is 3.85. The van der Waals surface area contributed by atoms with Crippen molar-refractivity contribution in [2.75, 3.05) is 6.61 Å². The Morgan fingerprint density at radius 2 is 1.83 bits per heavy atom. The van der Waals surface area contributed by atoms with Crippen molar-refractivity contribution in [3.05, 3.63) is 60.7 Å². The number of ether oxygens (including phenoxy) is 1. The highest BCUT2D eigenvalue weighted by atomic mass is 16.5. The Hall–Kier alpha value is -3.34. The van der Waals surface area contributed by atoms with E-state index in [1.807, 2.05) is 54.6 Å². The summed E-state index contributed by atoms with van der Waals surface area (Å²) in [6.45, 7) is -0.345. The molecule has 0 fully saturated rings. The van der Waals surface area contributed by atoms with Crippen LogP contribution in [0.25, 0.3) is 33.2 Å². The normalized spacial score (nSPS) is 11.0. The maximum Gasteiger partial charge on any atom is 0.341 e. The fourth-order valence-electron chi connectivity index (χ4n) is 2.70. The minimum absolute atomic E-state index is 0.345. The molecule has 5 nitrogen and oxygen atoms in total. The molecule has 0 aliphatic rings. The monoisotopic (exact) mass is 318 g/mol. The number of carboxylic acid groups (broad SMARTS) is 1. The third kappa shape index (κ3) is 2.67. The zero-order valence-corrected chi connectivity index (χ0v) is 12.7. The molecule has 0 radical (unpaired) electrons. The first-order valence-corrected chi connectivity index (χ1v) is 7.52. The van der Waals surface area contributed by atoms with Gasteiger partial charge in [-0.3, -0.25) is 0 Å². The predicted molar refractivity (Wildman–Crippen MR) is 92.2 cm³/mol. The molecule has 3 aromatic carbocycles. The lowest BCUT2D eigenvalue weighted by Gasteiger charge is -2.06. The smallest absolute Gasteiger partial charge is 0.341 e. The highest BCUT2D eigenvalue weighted by molar-refractivity contribution is 5.89. The summed E-state index contributed by atoms with van der Waals surface area (Å²) in [5, 5.41) is 10.7. The van der Waals surface area contributed by atoms with Crippen LogP contribution in [0.2, 0.25) is 0 Å². The molecule has 0 saturated heterocycles. The van der Waals surface area contributed by atoms with E-state index in [1.54, 1.807) is 6.07 Å². The maximum atomic E-state index is 10.6. The second kappa shape index (κ2) is 5.70. The lowest BCUT2D eigenvalue weighted by Crippen LogP contribution is -2.09. The fraction of sp³-hybridized carbons (Fsp3) is 0.0526. The molecule has 5 heteroatoms. The number of H-pyrrole nitrogens is 1. The molecule has 0 amide bonds. The summed E-state index contributed by atoms with van der Waals surface area (Å²) in [6, 6.07) is 19.4. The van der Waals surface area contributed by atoms with E-state index in [1.165, 1.54) is 0 Å². The Bertz CT molecular complexity index is 1020. The summed E-state index contributed by atoms with van der Waals surface area (Å²) in [4.78, 5) is 18.5. The number of aromatic amines is 1. The van der Waals surface area contributed by atoms with Crippen LogP contribution in [-0.4, -0.2) is 27.7 Å². The molecule has 4 rings (SSSR count). The molecule has 0 saturated carbocycles. The number of hydrogen-bond donors (Lipinski definition) is 2. The average Bonchev–Trinajstić information content (AvgIpc) is 3.03. The SMILES string of the molecule is O=C(O)COc1ccc2cc(-c3nc4ccccc4[nH]3)ccc2c1. The van der Waals surface area contributed by atoms with Gasteiger partial charge in [0, 0.05) is 5.56 Å². The Labute approximate surface area is 137 Å². The minimum Gasteiger partial charge on any atom is -0.482 e. The number of carbonyl (C=O) groups is 1. The van der Waals surface area contributed by atoms with Gasteiger partial charge in [-0.05, 0) is 41.1 Å². The number of hydrogen-bond acceptors (Lipinski definition) is 3. The number of rotatable bonds is 4. The van der Waals surface area contributed by atoms with E-state index in [9.17, 15) is 4.79 Å². The van der Waals surface area contributed by atoms with E-state index in [0.29, 0.717) is 5.75 Å². The average molecular weight is 318 g/mol. The summed E-state index contributed by atoms with van der Waals surface area (Å²) in [7, 11) is 0. The van der Waals surface area contributed by atoms with Crippen molar-refractivity contribution in [1.82, 2.24) is 9.97 Å². The minimum atomic E-state index is -0.990. The molecule has 1 heterocycles. The van der Waals surface area contributed by atoms with E-state index >= 15 is 0 Å². The Morgan fingerprint density at radius 3 is 2.67 bits per heavy atom. The molecule has 0 atom stereocenters. The molecule has 0 aliphatic heterocycles. The summed E-state index contributed by atoms with van der Waals surface area (Å²) in [5.74, 6) is 0.376. The Balaban J connectivity index is 1.70. The van der Waals surface area contributed by atoms with E-state index in [-0.39, 0.29) is 6.61 Å². The van der Waals surface area contributed by atoms with Crippen LogP contribution in [0.1, 0.15) is 0 Å². The van der Waals surface area contributed by atoms with Crippen molar-refractivity contribution in [2.24, 2.45) is 0 Å². The molecule has 0 aliphatic carbocycles. The molecular formula is C19H14N2O3. The van der Waals surface area contributed by atoms with Crippen LogP contribution in [-0.2, 0) is 4.79 Å². The summed E-state index contributed by atoms with van der Waals surface area (Å²) >= 11 is 0. The van der Waals surface area contributed by atoms with Gasteiger partial charge in [0.05, 0.1) is 11.0 Å². The molecule has 118 valence electrons.